The third-order valence-electron chi connectivity index (χ3n) is 4.20. The molecular formula is C13H25N5. The van der Waals surface area contributed by atoms with E-state index in [-0.39, 0.29) is 11.6 Å². The number of nitrogens with zero attached hydrogens (tertiary/aromatic N) is 4. The van der Waals surface area contributed by atoms with E-state index in [4.69, 9.17) is 5.73 Å². The Morgan fingerprint density at radius 3 is 2.61 bits per heavy atom. The predicted molar refractivity (Wildman–Crippen MR) is 72.1 cm³/mol. The highest BCUT2D eigenvalue weighted by molar-refractivity contribution is 5.10. The van der Waals surface area contributed by atoms with Gasteiger partial charge in [0.05, 0.1) is 17.9 Å². The molecule has 1 aliphatic rings. The SMILES string of the molecule is CCn1nncc1C(N)C(C)(C)N1CCCCC1. The van der Waals surface area contributed by atoms with Gasteiger partial charge in [-0.1, -0.05) is 11.6 Å². The Labute approximate surface area is 109 Å². The van der Waals surface area contributed by atoms with Crippen molar-refractivity contribution in [1.82, 2.24) is 19.9 Å². The van der Waals surface area contributed by atoms with Gasteiger partial charge in [-0.25, -0.2) is 4.68 Å². The smallest absolute Gasteiger partial charge is 0.0772 e. The third kappa shape index (κ3) is 2.42. The maximum Gasteiger partial charge on any atom is 0.0772 e. The van der Waals surface area contributed by atoms with E-state index in [0.717, 1.165) is 25.3 Å². The molecule has 2 N–H and O–H groups in total. The molecule has 102 valence electrons. The van der Waals surface area contributed by atoms with Crippen LogP contribution in [0, 0.1) is 0 Å². The van der Waals surface area contributed by atoms with Crippen LogP contribution in [0.1, 0.15) is 51.8 Å². The molecule has 18 heavy (non-hydrogen) atoms. The Bertz CT molecular complexity index is 378. The van der Waals surface area contributed by atoms with Crippen molar-refractivity contribution in [2.75, 3.05) is 13.1 Å². The summed E-state index contributed by atoms with van der Waals surface area (Å²) in [6.45, 7) is 9.65. The minimum atomic E-state index is -0.0504. The maximum absolute atomic E-state index is 6.48. The number of hydrogen-bond acceptors (Lipinski definition) is 4. The Hall–Kier alpha value is -0.940. The average molecular weight is 251 g/mol. The van der Waals surface area contributed by atoms with E-state index in [0.29, 0.717) is 0 Å². The number of piperidine rings is 1. The number of likely N-dealkylation sites (tertiary alicyclic amines) is 1. The summed E-state index contributed by atoms with van der Waals surface area (Å²) in [5.74, 6) is 0. The normalized spacial score (nSPS) is 20.0. The summed E-state index contributed by atoms with van der Waals surface area (Å²) in [5.41, 5.74) is 7.47. The summed E-state index contributed by atoms with van der Waals surface area (Å²) in [5, 5.41) is 8.07. The lowest BCUT2D eigenvalue weighted by Crippen LogP contribution is -2.53. The third-order valence-corrected chi connectivity index (χ3v) is 4.20. The highest BCUT2D eigenvalue weighted by Crippen LogP contribution is 2.30. The van der Waals surface area contributed by atoms with E-state index in [1.807, 2.05) is 4.68 Å². The lowest BCUT2D eigenvalue weighted by molar-refractivity contribution is 0.0704. The molecule has 1 fully saturated rings. The van der Waals surface area contributed by atoms with Crippen molar-refractivity contribution in [3.05, 3.63) is 11.9 Å². The molecule has 0 amide bonds. The number of aromatic nitrogens is 3. The van der Waals surface area contributed by atoms with Gasteiger partial charge in [-0.05, 0) is 46.7 Å². The van der Waals surface area contributed by atoms with Crippen molar-refractivity contribution < 1.29 is 0 Å². The Morgan fingerprint density at radius 2 is 2.00 bits per heavy atom. The van der Waals surface area contributed by atoms with Gasteiger partial charge >= 0.3 is 0 Å². The van der Waals surface area contributed by atoms with Crippen molar-refractivity contribution >= 4 is 0 Å². The molecule has 1 aromatic rings. The minimum Gasteiger partial charge on any atom is -0.321 e. The first-order valence-electron chi connectivity index (χ1n) is 6.96. The van der Waals surface area contributed by atoms with Crippen LogP contribution in [0.2, 0.25) is 0 Å². The molecule has 1 saturated heterocycles. The van der Waals surface area contributed by atoms with Gasteiger partial charge in [-0.15, -0.1) is 5.10 Å². The fourth-order valence-corrected chi connectivity index (χ4v) is 2.78. The Balaban J connectivity index is 2.17. The number of aryl methyl sites for hydroxylation is 1. The highest BCUT2D eigenvalue weighted by atomic mass is 15.4. The van der Waals surface area contributed by atoms with Crippen molar-refractivity contribution in [2.24, 2.45) is 5.73 Å². The topological polar surface area (TPSA) is 60.0 Å². The van der Waals surface area contributed by atoms with Crippen LogP contribution in [0.15, 0.2) is 6.20 Å². The van der Waals surface area contributed by atoms with E-state index in [9.17, 15) is 0 Å². The van der Waals surface area contributed by atoms with Crippen molar-refractivity contribution in [2.45, 2.75) is 58.2 Å². The van der Waals surface area contributed by atoms with E-state index >= 15 is 0 Å². The van der Waals surface area contributed by atoms with Crippen LogP contribution < -0.4 is 5.73 Å². The van der Waals surface area contributed by atoms with Crippen LogP contribution in [0.3, 0.4) is 0 Å². The van der Waals surface area contributed by atoms with Crippen LogP contribution in [0.5, 0.6) is 0 Å². The zero-order valence-corrected chi connectivity index (χ0v) is 11.8. The second-order valence-electron chi connectivity index (χ2n) is 5.65. The van der Waals surface area contributed by atoms with Gasteiger partial charge in [0.15, 0.2) is 0 Å². The first-order valence-corrected chi connectivity index (χ1v) is 6.96. The first kappa shape index (κ1) is 13.5. The Kier molecular flexibility index (Phi) is 4.02. The van der Waals surface area contributed by atoms with Crippen LogP contribution in [-0.2, 0) is 6.54 Å². The van der Waals surface area contributed by atoms with Crippen molar-refractivity contribution in [3.63, 3.8) is 0 Å². The standard InChI is InChI=1S/C13H25N5/c1-4-18-11(10-15-16-18)12(14)13(2,3)17-8-6-5-7-9-17/h10,12H,4-9,14H2,1-3H3. The Morgan fingerprint density at radius 1 is 1.33 bits per heavy atom. The molecule has 2 heterocycles. The summed E-state index contributed by atoms with van der Waals surface area (Å²) >= 11 is 0. The lowest BCUT2D eigenvalue weighted by atomic mass is 9.89. The van der Waals surface area contributed by atoms with Crippen molar-refractivity contribution in [3.8, 4) is 0 Å². The zero-order chi connectivity index (χ0) is 13.2. The average Bonchev–Trinajstić information content (AvgIpc) is 2.87. The molecule has 0 aromatic carbocycles. The molecule has 0 radical (unpaired) electrons. The summed E-state index contributed by atoms with van der Waals surface area (Å²) in [6.07, 6.45) is 5.71. The fraction of sp³-hybridized carbons (Fsp3) is 0.846. The molecule has 1 aromatic heterocycles. The first-order chi connectivity index (χ1) is 8.57. The molecule has 5 nitrogen and oxygen atoms in total. The predicted octanol–water partition coefficient (Wildman–Crippen LogP) is 1.56. The van der Waals surface area contributed by atoms with Gasteiger partial charge in [0.25, 0.3) is 0 Å². The minimum absolute atomic E-state index is 0.0466. The molecule has 1 atom stereocenters. The zero-order valence-electron chi connectivity index (χ0n) is 11.8. The summed E-state index contributed by atoms with van der Waals surface area (Å²) in [6, 6.07) is -0.0504. The van der Waals surface area contributed by atoms with Gasteiger partial charge < -0.3 is 5.73 Å². The fourth-order valence-electron chi connectivity index (χ4n) is 2.78. The van der Waals surface area contributed by atoms with E-state index < -0.39 is 0 Å². The van der Waals surface area contributed by atoms with Crippen molar-refractivity contribution in [1.29, 1.82) is 0 Å². The summed E-state index contributed by atoms with van der Waals surface area (Å²) in [7, 11) is 0. The second kappa shape index (κ2) is 5.36. The molecular weight excluding hydrogens is 226 g/mol. The van der Waals surface area contributed by atoms with E-state index in [2.05, 4.69) is 36.0 Å². The molecule has 0 bridgehead atoms. The number of nitrogens with two attached hydrogens (primary N) is 1. The monoisotopic (exact) mass is 251 g/mol. The molecule has 2 rings (SSSR count). The van der Waals surface area contributed by atoms with E-state index in [1.165, 1.54) is 19.3 Å². The van der Waals surface area contributed by atoms with Gasteiger partial charge in [0.2, 0.25) is 0 Å². The summed E-state index contributed by atoms with van der Waals surface area (Å²) in [4.78, 5) is 2.51. The molecule has 5 heteroatoms. The van der Waals surface area contributed by atoms with E-state index in [1.54, 1.807) is 6.20 Å². The van der Waals surface area contributed by atoms with Gasteiger partial charge in [0, 0.05) is 12.1 Å². The molecule has 0 aliphatic carbocycles. The molecule has 1 aliphatic heterocycles. The second-order valence-corrected chi connectivity index (χ2v) is 5.65. The van der Waals surface area contributed by atoms with Gasteiger partial charge in [-0.2, -0.15) is 0 Å². The lowest BCUT2D eigenvalue weighted by Gasteiger charge is -2.44. The van der Waals surface area contributed by atoms with Gasteiger partial charge in [-0.3, -0.25) is 4.90 Å². The van der Waals surface area contributed by atoms with Crippen LogP contribution >= 0.6 is 0 Å². The molecule has 1 unspecified atom stereocenters. The molecule has 0 saturated carbocycles. The van der Waals surface area contributed by atoms with Crippen LogP contribution in [-0.4, -0.2) is 38.5 Å². The quantitative estimate of drug-likeness (QED) is 0.882. The number of rotatable bonds is 4. The van der Waals surface area contributed by atoms with Crippen LogP contribution in [0.25, 0.3) is 0 Å². The molecule has 0 spiro atoms. The van der Waals surface area contributed by atoms with Gasteiger partial charge in [0.1, 0.15) is 0 Å². The summed E-state index contributed by atoms with van der Waals surface area (Å²) < 4.78 is 1.90. The largest absolute Gasteiger partial charge is 0.321 e. The number of hydrogen-bond donors (Lipinski definition) is 1. The van der Waals surface area contributed by atoms with Crippen LogP contribution in [0.4, 0.5) is 0 Å². The highest BCUT2D eigenvalue weighted by Gasteiger charge is 2.36. The maximum atomic E-state index is 6.48.